The number of anilines is 1. The van der Waals surface area contributed by atoms with Crippen molar-refractivity contribution >= 4 is 40.6 Å². The van der Waals surface area contributed by atoms with Gasteiger partial charge in [0.1, 0.15) is 6.10 Å². The highest BCUT2D eigenvalue weighted by Gasteiger charge is 2.33. The summed E-state index contributed by atoms with van der Waals surface area (Å²) in [5.41, 5.74) is 2.76. The summed E-state index contributed by atoms with van der Waals surface area (Å²) in [5, 5.41) is 2.77. The summed E-state index contributed by atoms with van der Waals surface area (Å²) in [7, 11) is 0. The van der Waals surface area contributed by atoms with Gasteiger partial charge in [-0.2, -0.15) is 0 Å². The summed E-state index contributed by atoms with van der Waals surface area (Å²) >= 11 is 7.06. The molecule has 33 heavy (non-hydrogen) atoms. The zero-order valence-corrected chi connectivity index (χ0v) is 19.6. The van der Waals surface area contributed by atoms with Crippen LogP contribution >= 0.6 is 22.9 Å². The smallest absolute Gasteiger partial charge is 0.414 e. The van der Waals surface area contributed by atoms with Crippen molar-refractivity contribution in [1.29, 1.82) is 0 Å². The standard InChI is InChI=1S/C23H22ClN3O5S/c1-3-31-20-17(8-9-25-22(20)29)16-5-4-14(10-13(16)2)27-12-15(32-23(27)30)11-26-21(28)18-6-7-19(24)33-18/h4-10,15H,3,11-12H2,1-2H3,(H,25,29)(H,26,28)/t15-/m0/s1. The number of thiophene rings is 1. The Hall–Kier alpha value is -3.30. The third kappa shape index (κ3) is 4.89. The Morgan fingerprint density at radius 3 is 2.79 bits per heavy atom. The van der Waals surface area contributed by atoms with Crippen molar-refractivity contribution < 1.29 is 19.1 Å². The monoisotopic (exact) mass is 487 g/mol. The molecule has 1 fully saturated rings. The highest BCUT2D eigenvalue weighted by atomic mass is 35.5. The van der Waals surface area contributed by atoms with Crippen LogP contribution in [-0.2, 0) is 4.74 Å². The first kappa shape index (κ1) is 22.9. The van der Waals surface area contributed by atoms with Gasteiger partial charge in [0.25, 0.3) is 11.5 Å². The van der Waals surface area contributed by atoms with Crippen molar-refractivity contribution in [3.05, 3.63) is 67.7 Å². The topological polar surface area (TPSA) is 101 Å². The molecule has 8 nitrogen and oxygen atoms in total. The molecule has 0 unspecified atom stereocenters. The summed E-state index contributed by atoms with van der Waals surface area (Å²) in [4.78, 5) is 41.5. The molecule has 1 saturated heterocycles. The average Bonchev–Trinajstić information content (AvgIpc) is 3.39. The Balaban J connectivity index is 1.47. The molecule has 2 amide bonds. The molecule has 172 valence electrons. The molecule has 2 N–H and O–H groups in total. The molecule has 1 aliphatic heterocycles. The maximum absolute atomic E-state index is 12.5. The quantitative estimate of drug-likeness (QED) is 0.519. The molecular formula is C23H22ClN3O5S. The second kappa shape index (κ2) is 9.68. The molecule has 2 aromatic heterocycles. The Kier molecular flexibility index (Phi) is 6.71. The number of aromatic nitrogens is 1. The van der Waals surface area contributed by atoms with Crippen LogP contribution in [0.4, 0.5) is 10.5 Å². The molecule has 1 aromatic carbocycles. The van der Waals surface area contributed by atoms with E-state index in [0.717, 1.165) is 11.1 Å². The molecule has 4 rings (SSSR count). The van der Waals surface area contributed by atoms with Crippen molar-refractivity contribution in [3.8, 4) is 16.9 Å². The second-order valence-electron chi connectivity index (χ2n) is 7.41. The minimum Gasteiger partial charge on any atom is -0.488 e. The van der Waals surface area contributed by atoms with Gasteiger partial charge in [0.05, 0.1) is 28.9 Å². The van der Waals surface area contributed by atoms with Crippen LogP contribution in [0.25, 0.3) is 11.1 Å². The number of amides is 2. The predicted molar refractivity (Wildman–Crippen MR) is 128 cm³/mol. The van der Waals surface area contributed by atoms with Crippen LogP contribution in [0.1, 0.15) is 22.2 Å². The maximum Gasteiger partial charge on any atom is 0.414 e. The summed E-state index contributed by atoms with van der Waals surface area (Å²) in [6.45, 7) is 4.59. The van der Waals surface area contributed by atoms with Gasteiger partial charge >= 0.3 is 6.09 Å². The Bertz CT molecular complexity index is 1250. The van der Waals surface area contributed by atoms with Gasteiger partial charge in [-0.05, 0) is 55.3 Å². The van der Waals surface area contributed by atoms with Crippen LogP contribution in [0.15, 0.2) is 47.4 Å². The molecule has 0 aliphatic carbocycles. The van der Waals surface area contributed by atoms with Crippen LogP contribution in [0.2, 0.25) is 4.34 Å². The van der Waals surface area contributed by atoms with E-state index in [1.165, 1.54) is 16.2 Å². The molecule has 10 heteroatoms. The Morgan fingerprint density at radius 2 is 2.09 bits per heavy atom. The Labute approximate surface area is 199 Å². The van der Waals surface area contributed by atoms with Crippen LogP contribution in [0, 0.1) is 6.92 Å². The number of pyridine rings is 1. The summed E-state index contributed by atoms with van der Waals surface area (Å²) in [6.07, 6.45) is 0.620. The van der Waals surface area contributed by atoms with Crippen molar-refractivity contribution in [3.63, 3.8) is 0 Å². The largest absolute Gasteiger partial charge is 0.488 e. The predicted octanol–water partition coefficient (Wildman–Crippen LogP) is 4.22. The zero-order valence-electron chi connectivity index (χ0n) is 18.0. The normalized spacial score (nSPS) is 15.4. The SMILES string of the molecule is CCOc1c(-c2ccc(N3C[C@H](CNC(=O)c4ccc(Cl)s4)OC3=O)cc2C)cc[nH]c1=O. The highest BCUT2D eigenvalue weighted by molar-refractivity contribution is 7.18. The number of aromatic amines is 1. The fourth-order valence-electron chi connectivity index (χ4n) is 3.65. The molecule has 0 radical (unpaired) electrons. The number of hydrogen-bond donors (Lipinski definition) is 2. The Morgan fingerprint density at radius 1 is 1.27 bits per heavy atom. The van der Waals surface area contributed by atoms with Gasteiger partial charge in [0.15, 0.2) is 5.75 Å². The number of halogens is 1. The fourth-order valence-corrected chi connectivity index (χ4v) is 4.61. The number of nitrogens with one attached hydrogen (secondary N) is 2. The number of carbonyl (C=O) groups is 2. The number of hydrogen-bond acceptors (Lipinski definition) is 6. The lowest BCUT2D eigenvalue weighted by atomic mass is 10.00. The van der Waals surface area contributed by atoms with Crippen molar-refractivity contribution in [2.45, 2.75) is 20.0 Å². The van der Waals surface area contributed by atoms with Gasteiger partial charge in [0, 0.05) is 17.4 Å². The van der Waals surface area contributed by atoms with Crippen molar-refractivity contribution in [2.24, 2.45) is 0 Å². The number of aryl methyl sites for hydroxylation is 1. The van der Waals surface area contributed by atoms with Crippen molar-refractivity contribution in [1.82, 2.24) is 10.3 Å². The van der Waals surface area contributed by atoms with Gasteiger partial charge in [-0.1, -0.05) is 17.7 Å². The highest BCUT2D eigenvalue weighted by Crippen LogP contribution is 2.33. The second-order valence-corrected chi connectivity index (χ2v) is 9.13. The molecule has 0 saturated carbocycles. The summed E-state index contributed by atoms with van der Waals surface area (Å²) in [5.74, 6) is 0.00353. The van der Waals surface area contributed by atoms with E-state index in [9.17, 15) is 14.4 Å². The van der Waals surface area contributed by atoms with Crippen LogP contribution in [0.5, 0.6) is 5.75 Å². The number of ether oxygens (including phenoxy) is 2. The van der Waals surface area contributed by atoms with E-state index in [1.54, 1.807) is 30.5 Å². The third-order valence-corrected chi connectivity index (χ3v) is 6.41. The number of benzene rings is 1. The minimum absolute atomic E-state index is 0.193. The van der Waals surface area contributed by atoms with Crippen LogP contribution < -0.4 is 20.5 Å². The van der Waals surface area contributed by atoms with E-state index in [-0.39, 0.29) is 23.8 Å². The molecular weight excluding hydrogens is 466 g/mol. The van der Waals surface area contributed by atoms with Gasteiger partial charge in [-0.15, -0.1) is 11.3 Å². The molecule has 0 spiro atoms. The molecule has 0 bridgehead atoms. The average molecular weight is 488 g/mol. The number of H-pyrrole nitrogens is 1. The lowest BCUT2D eigenvalue weighted by molar-refractivity contribution is 0.0920. The number of cyclic esters (lactones) is 1. The van der Waals surface area contributed by atoms with Gasteiger partial charge < -0.3 is 19.8 Å². The first-order valence-corrected chi connectivity index (χ1v) is 11.5. The minimum atomic E-state index is -0.480. The van der Waals surface area contributed by atoms with Gasteiger partial charge in [-0.3, -0.25) is 14.5 Å². The van der Waals surface area contributed by atoms with Crippen molar-refractivity contribution in [2.75, 3.05) is 24.6 Å². The van der Waals surface area contributed by atoms with E-state index in [2.05, 4.69) is 10.3 Å². The lowest BCUT2D eigenvalue weighted by Crippen LogP contribution is -2.34. The molecule has 3 heterocycles. The number of carbonyl (C=O) groups excluding carboxylic acids is 2. The summed E-state index contributed by atoms with van der Waals surface area (Å²) < 4.78 is 11.5. The first-order valence-electron chi connectivity index (χ1n) is 10.3. The lowest BCUT2D eigenvalue weighted by Gasteiger charge is -2.17. The van der Waals surface area contributed by atoms with E-state index in [0.29, 0.717) is 33.6 Å². The fraction of sp³-hybridized carbons (Fsp3) is 0.261. The molecule has 3 aromatic rings. The van der Waals surface area contributed by atoms with E-state index in [4.69, 9.17) is 21.1 Å². The zero-order chi connectivity index (χ0) is 23.5. The van der Waals surface area contributed by atoms with Crippen LogP contribution in [-0.4, -0.2) is 42.8 Å². The van der Waals surface area contributed by atoms with E-state index < -0.39 is 12.2 Å². The number of rotatable bonds is 7. The first-order chi connectivity index (χ1) is 15.9. The third-order valence-electron chi connectivity index (χ3n) is 5.18. The van der Waals surface area contributed by atoms with Gasteiger partial charge in [0.2, 0.25) is 0 Å². The molecule has 1 atom stereocenters. The van der Waals surface area contributed by atoms with Gasteiger partial charge in [-0.25, -0.2) is 4.79 Å². The maximum atomic E-state index is 12.5. The van der Waals surface area contributed by atoms with E-state index in [1.807, 2.05) is 26.0 Å². The summed E-state index contributed by atoms with van der Waals surface area (Å²) in [6, 6.07) is 10.6. The van der Waals surface area contributed by atoms with Crippen LogP contribution in [0.3, 0.4) is 0 Å². The van der Waals surface area contributed by atoms with E-state index >= 15 is 0 Å². The molecule has 1 aliphatic rings. The number of nitrogens with zero attached hydrogens (tertiary/aromatic N) is 1.